The summed E-state index contributed by atoms with van der Waals surface area (Å²) in [6.45, 7) is 1.18. The summed E-state index contributed by atoms with van der Waals surface area (Å²) in [6.07, 6.45) is 6.74. The first kappa shape index (κ1) is 17.6. The summed E-state index contributed by atoms with van der Waals surface area (Å²) in [4.78, 5) is 11.8. The van der Waals surface area contributed by atoms with E-state index in [0.717, 1.165) is 11.1 Å². The van der Waals surface area contributed by atoms with Crippen molar-refractivity contribution in [1.82, 2.24) is 0 Å². The minimum absolute atomic E-state index is 0.211. The molecule has 1 aliphatic rings. The molecule has 134 valence electrons. The van der Waals surface area contributed by atoms with Crippen LogP contribution in [0.5, 0.6) is 17.2 Å². The maximum Gasteiger partial charge on any atom is 0.331 e. The summed E-state index contributed by atoms with van der Waals surface area (Å²) < 4.78 is 21.6. The first-order valence-electron chi connectivity index (χ1n) is 8.30. The van der Waals surface area contributed by atoms with Crippen LogP contribution in [0.2, 0.25) is 0 Å². The summed E-state index contributed by atoms with van der Waals surface area (Å²) in [7, 11) is 1.56. The van der Waals surface area contributed by atoms with Gasteiger partial charge in [0.05, 0.1) is 7.11 Å². The predicted molar refractivity (Wildman–Crippen MR) is 99.5 cm³/mol. The fourth-order valence-corrected chi connectivity index (χ4v) is 2.48. The highest BCUT2D eigenvalue weighted by atomic mass is 16.6. The molecule has 0 radical (unpaired) electrons. The van der Waals surface area contributed by atoms with Gasteiger partial charge in [-0.15, -0.1) is 0 Å². The molecule has 1 aliphatic heterocycles. The zero-order chi connectivity index (χ0) is 18.2. The molecule has 0 aliphatic carbocycles. The van der Waals surface area contributed by atoms with Gasteiger partial charge in [-0.05, 0) is 35.4 Å². The number of esters is 1. The molecule has 0 amide bonds. The van der Waals surface area contributed by atoms with Gasteiger partial charge in [-0.2, -0.15) is 0 Å². The largest absolute Gasteiger partial charge is 0.493 e. The van der Waals surface area contributed by atoms with E-state index in [1.165, 1.54) is 6.08 Å². The fourth-order valence-electron chi connectivity index (χ4n) is 2.48. The molecule has 0 N–H and O–H groups in total. The Balaban J connectivity index is 1.57. The lowest BCUT2D eigenvalue weighted by molar-refractivity contribution is -0.136. The van der Waals surface area contributed by atoms with Gasteiger partial charge in [-0.3, -0.25) is 0 Å². The molecule has 1 heterocycles. The number of hydrogen-bond acceptors (Lipinski definition) is 5. The van der Waals surface area contributed by atoms with Crippen molar-refractivity contribution in [1.29, 1.82) is 0 Å². The number of ether oxygens (including phenoxy) is 4. The van der Waals surface area contributed by atoms with E-state index in [1.807, 2.05) is 36.4 Å². The number of carbonyl (C=O) groups excluding carboxylic acids is 1. The van der Waals surface area contributed by atoms with Crippen LogP contribution >= 0.6 is 0 Å². The number of rotatable bonds is 6. The van der Waals surface area contributed by atoms with Crippen molar-refractivity contribution in [3.63, 3.8) is 0 Å². The smallest absolute Gasteiger partial charge is 0.331 e. The van der Waals surface area contributed by atoms with Gasteiger partial charge < -0.3 is 18.9 Å². The van der Waals surface area contributed by atoms with Crippen molar-refractivity contribution in [2.75, 3.05) is 26.9 Å². The van der Waals surface area contributed by atoms with E-state index >= 15 is 0 Å². The Bertz CT molecular complexity index is 791. The highest BCUT2D eigenvalue weighted by Gasteiger charge is 2.17. The number of hydrogen-bond donors (Lipinski definition) is 0. The van der Waals surface area contributed by atoms with E-state index in [-0.39, 0.29) is 6.61 Å². The molecule has 0 saturated carbocycles. The van der Waals surface area contributed by atoms with Crippen LogP contribution in [0.4, 0.5) is 0 Å². The zero-order valence-corrected chi connectivity index (χ0v) is 14.5. The average molecular weight is 352 g/mol. The van der Waals surface area contributed by atoms with E-state index in [4.69, 9.17) is 18.9 Å². The summed E-state index contributed by atoms with van der Waals surface area (Å²) in [5.74, 6) is 1.34. The maximum absolute atomic E-state index is 11.8. The summed E-state index contributed by atoms with van der Waals surface area (Å²) in [5, 5.41) is 0. The van der Waals surface area contributed by atoms with Crippen molar-refractivity contribution < 1.29 is 23.7 Å². The zero-order valence-electron chi connectivity index (χ0n) is 14.5. The first-order chi connectivity index (χ1) is 12.8. The highest BCUT2D eigenvalue weighted by molar-refractivity contribution is 5.87. The Morgan fingerprint density at radius 2 is 1.88 bits per heavy atom. The molecule has 0 aromatic heterocycles. The van der Waals surface area contributed by atoms with Gasteiger partial charge in [0.25, 0.3) is 0 Å². The molecule has 2 aromatic carbocycles. The third kappa shape index (κ3) is 4.66. The molecule has 2 aromatic rings. The van der Waals surface area contributed by atoms with Crippen molar-refractivity contribution in [3.8, 4) is 17.2 Å². The first-order valence-corrected chi connectivity index (χ1v) is 8.30. The fraction of sp³-hybridized carbons (Fsp3) is 0.190. The van der Waals surface area contributed by atoms with Crippen LogP contribution in [-0.2, 0) is 9.53 Å². The van der Waals surface area contributed by atoms with Crippen LogP contribution in [-0.4, -0.2) is 32.9 Å². The second-order valence-electron chi connectivity index (χ2n) is 5.52. The van der Waals surface area contributed by atoms with Crippen LogP contribution in [0.25, 0.3) is 12.2 Å². The monoisotopic (exact) mass is 352 g/mol. The Hall–Kier alpha value is -3.21. The number of fused-ring (bicyclic) bond motifs is 1. The molecule has 0 unspecified atom stereocenters. The molecule has 0 atom stereocenters. The maximum atomic E-state index is 11.8. The Morgan fingerprint density at radius 1 is 1.08 bits per heavy atom. The quantitative estimate of drug-likeness (QED) is 0.586. The number of methoxy groups -OCH3 is 1. The van der Waals surface area contributed by atoms with Gasteiger partial charge in [0.1, 0.15) is 19.8 Å². The average Bonchev–Trinajstić information content (AvgIpc) is 2.69. The van der Waals surface area contributed by atoms with Crippen LogP contribution in [0.1, 0.15) is 11.1 Å². The highest BCUT2D eigenvalue weighted by Crippen LogP contribution is 2.40. The van der Waals surface area contributed by atoms with Gasteiger partial charge in [-0.1, -0.05) is 36.4 Å². The van der Waals surface area contributed by atoms with Crippen LogP contribution in [0.15, 0.2) is 54.6 Å². The van der Waals surface area contributed by atoms with Gasteiger partial charge >= 0.3 is 5.97 Å². The molecule has 5 nitrogen and oxygen atoms in total. The minimum atomic E-state index is -0.420. The molecule has 26 heavy (non-hydrogen) atoms. The normalized spacial score (nSPS) is 13.1. The number of carbonyl (C=O) groups is 1. The Kier molecular flexibility index (Phi) is 5.93. The van der Waals surface area contributed by atoms with E-state index in [1.54, 1.807) is 31.4 Å². The van der Waals surface area contributed by atoms with E-state index < -0.39 is 5.97 Å². The van der Waals surface area contributed by atoms with Crippen LogP contribution < -0.4 is 14.2 Å². The third-order valence-electron chi connectivity index (χ3n) is 3.69. The van der Waals surface area contributed by atoms with Crippen LogP contribution in [0.3, 0.4) is 0 Å². The standard InChI is InChI=1S/C21H20O5/c1-23-18-14-17(15-19-21(18)26-13-12-24-19)9-10-20(22)25-11-5-8-16-6-3-2-4-7-16/h2-10,14-15H,11-13H2,1H3/b8-5+,10-9+. The van der Waals surface area contributed by atoms with E-state index in [9.17, 15) is 4.79 Å². The molecule has 3 rings (SSSR count). The van der Waals surface area contributed by atoms with Crippen molar-refractivity contribution >= 4 is 18.1 Å². The molecular formula is C21H20O5. The van der Waals surface area contributed by atoms with Crippen molar-refractivity contribution in [2.24, 2.45) is 0 Å². The van der Waals surface area contributed by atoms with Gasteiger partial charge in [-0.25, -0.2) is 4.79 Å². The Labute approximate surface area is 152 Å². The SMILES string of the molecule is COc1cc(/C=C/C(=O)OC/C=C/c2ccccc2)cc2c1OCCO2. The Morgan fingerprint density at radius 3 is 2.69 bits per heavy atom. The van der Waals surface area contributed by atoms with Gasteiger partial charge in [0.15, 0.2) is 11.5 Å². The molecule has 0 fully saturated rings. The lowest BCUT2D eigenvalue weighted by Gasteiger charge is -2.20. The van der Waals surface area contributed by atoms with Gasteiger partial charge in [0, 0.05) is 6.08 Å². The second kappa shape index (κ2) is 8.76. The lowest BCUT2D eigenvalue weighted by Crippen LogP contribution is -2.16. The summed E-state index contributed by atoms with van der Waals surface area (Å²) in [5.41, 5.74) is 1.82. The molecule has 0 bridgehead atoms. The van der Waals surface area contributed by atoms with Gasteiger partial charge in [0.2, 0.25) is 5.75 Å². The minimum Gasteiger partial charge on any atom is -0.493 e. The topological polar surface area (TPSA) is 54.0 Å². The molecule has 5 heteroatoms. The van der Waals surface area contributed by atoms with Crippen molar-refractivity contribution in [3.05, 3.63) is 65.7 Å². The van der Waals surface area contributed by atoms with E-state index in [2.05, 4.69) is 0 Å². The molecule has 0 saturated heterocycles. The number of benzene rings is 2. The summed E-state index contributed by atoms with van der Waals surface area (Å²) in [6, 6.07) is 13.4. The van der Waals surface area contributed by atoms with Crippen LogP contribution in [0, 0.1) is 0 Å². The predicted octanol–water partition coefficient (Wildman–Crippen LogP) is 3.74. The van der Waals surface area contributed by atoms with E-state index in [0.29, 0.717) is 30.5 Å². The molecule has 0 spiro atoms. The lowest BCUT2D eigenvalue weighted by atomic mass is 10.1. The summed E-state index contributed by atoms with van der Waals surface area (Å²) >= 11 is 0. The second-order valence-corrected chi connectivity index (χ2v) is 5.52. The molecular weight excluding hydrogens is 332 g/mol. The third-order valence-corrected chi connectivity index (χ3v) is 3.69. The van der Waals surface area contributed by atoms with Crippen molar-refractivity contribution in [2.45, 2.75) is 0 Å².